The van der Waals surface area contributed by atoms with Crippen LogP contribution in [0.3, 0.4) is 0 Å². The SMILES string of the molecule is CCCCCCC1COC(C(O)C(C)(O)C2CCC3(O)C4=C(NCC(C)O)C(=O)C5CC(O)C(O)CC56CC(C5=CNC(N)C=C5)C=CC(CC23CCO)C46)C1C. The number of allylic oxidation sites excluding steroid dienone is 5. The summed E-state index contributed by atoms with van der Waals surface area (Å²) >= 11 is 0. The van der Waals surface area contributed by atoms with Crippen molar-refractivity contribution in [2.75, 3.05) is 19.8 Å². The molecule has 2 aliphatic heterocycles. The maximum atomic E-state index is 15.2. The molecule has 0 amide bonds. The van der Waals surface area contributed by atoms with Crippen molar-refractivity contribution in [1.29, 1.82) is 0 Å². The molecule has 17 unspecified atom stereocenters. The Kier molecular flexibility index (Phi) is 12.4. The number of fused-ring (bicyclic) bond motifs is 2. The molecule has 2 heterocycles. The van der Waals surface area contributed by atoms with Crippen LogP contribution in [-0.4, -0.2) is 109 Å². The van der Waals surface area contributed by atoms with Crippen LogP contribution < -0.4 is 16.4 Å². The highest BCUT2D eigenvalue weighted by Gasteiger charge is 2.74. The standard InChI is InChI=1S/C45H71N3O9/c1-5-6-7-8-9-30-24-57-40(26(30)3)41(54)42(4,55)34-14-15-45(56)37-36-28(20-44(34,45)16-17-49)11-10-27(29-12-13-35(46)47-23-29)19-43(36)21-33(52)32(51)18-31(43)39(53)38(37)48-22-25(2)50/h10-13,23,25-28,30-36,40-41,47-52,54-56H,5-9,14-22,24,46H2,1-4H3. The molecule has 0 bridgehead atoms. The highest BCUT2D eigenvalue weighted by atomic mass is 16.5. The van der Waals surface area contributed by atoms with E-state index in [0.717, 1.165) is 31.3 Å². The average Bonchev–Trinajstić information content (AvgIpc) is 3.63. The first-order valence-corrected chi connectivity index (χ1v) is 22.1. The molecule has 7 aliphatic rings. The molecule has 7 rings (SSSR count). The summed E-state index contributed by atoms with van der Waals surface area (Å²) in [5.74, 6) is -2.29. The van der Waals surface area contributed by atoms with Gasteiger partial charge in [-0.25, -0.2) is 0 Å². The highest BCUT2D eigenvalue weighted by Crippen LogP contribution is 2.73. The van der Waals surface area contributed by atoms with Crippen molar-refractivity contribution in [2.24, 2.45) is 58.0 Å². The molecule has 12 nitrogen and oxygen atoms in total. The monoisotopic (exact) mass is 798 g/mol. The molecule has 5 aliphatic carbocycles. The number of aliphatic hydroxyl groups is 7. The van der Waals surface area contributed by atoms with Gasteiger partial charge in [0.05, 0.1) is 54.1 Å². The summed E-state index contributed by atoms with van der Waals surface area (Å²) in [7, 11) is 0. The van der Waals surface area contributed by atoms with Gasteiger partial charge >= 0.3 is 0 Å². The van der Waals surface area contributed by atoms with Crippen LogP contribution >= 0.6 is 0 Å². The van der Waals surface area contributed by atoms with Gasteiger partial charge < -0.3 is 56.8 Å². The third kappa shape index (κ3) is 7.10. The maximum Gasteiger partial charge on any atom is 0.182 e. The summed E-state index contributed by atoms with van der Waals surface area (Å²) in [5, 5.41) is 89.4. The molecule has 0 radical (unpaired) electrons. The van der Waals surface area contributed by atoms with Gasteiger partial charge in [-0.1, -0.05) is 57.8 Å². The molecule has 0 aromatic heterocycles. The summed E-state index contributed by atoms with van der Waals surface area (Å²) in [4.78, 5) is 15.2. The zero-order valence-electron chi connectivity index (χ0n) is 34.5. The van der Waals surface area contributed by atoms with Crippen molar-refractivity contribution in [3.05, 3.63) is 47.3 Å². The topological polar surface area (TPSA) is 218 Å². The molecular formula is C45H71N3O9. The highest BCUT2D eigenvalue weighted by molar-refractivity contribution is 6.00. The van der Waals surface area contributed by atoms with E-state index in [2.05, 4.69) is 36.6 Å². The van der Waals surface area contributed by atoms with Gasteiger partial charge in [0.25, 0.3) is 0 Å². The van der Waals surface area contributed by atoms with Crippen LogP contribution in [0.5, 0.6) is 0 Å². The number of hydrogen-bond acceptors (Lipinski definition) is 12. The number of dihydropyridines is 1. The minimum atomic E-state index is -1.74. The lowest BCUT2D eigenvalue weighted by Crippen LogP contribution is -2.68. The number of carbonyl (C=O) groups is 1. The summed E-state index contributed by atoms with van der Waals surface area (Å²) in [5.41, 5.74) is 2.37. The molecule has 0 aromatic carbocycles. The predicted molar refractivity (Wildman–Crippen MR) is 216 cm³/mol. The fraction of sp³-hybridized carbons (Fsp3) is 0.800. The number of ketones is 1. The van der Waals surface area contributed by atoms with E-state index < -0.39 is 70.3 Å². The number of aliphatic hydroxyl groups excluding tert-OH is 5. The number of carbonyl (C=O) groups excluding carboxylic acids is 1. The number of hydrogen-bond donors (Lipinski definition) is 10. The minimum absolute atomic E-state index is 0.00615. The Morgan fingerprint density at radius 1 is 1.11 bits per heavy atom. The molecule has 3 saturated carbocycles. The summed E-state index contributed by atoms with van der Waals surface area (Å²) < 4.78 is 6.31. The van der Waals surface area contributed by atoms with Crippen LogP contribution in [0.4, 0.5) is 0 Å². The first kappa shape index (κ1) is 43.0. The van der Waals surface area contributed by atoms with Gasteiger partial charge in [0.15, 0.2) is 5.78 Å². The number of rotatable bonds is 14. The summed E-state index contributed by atoms with van der Waals surface area (Å²) in [6.45, 7) is 7.85. The third-order valence-electron chi connectivity index (χ3n) is 16.2. The fourth-order valence-corrected chi connectivity index (χ4v) is 13.4. The summed E-state index contributed by atoms with van der Waals surface area (Å²) in [6, 6.07) is 0. The molecule has 11 N–H and O–H groups in total. The third-order valence-corrected chi connectivity index (χ3v) is 16.2. The lowest BCUT2D eigenvalue weighted by Gasteiger charge is -2.65. The van der Waals surface area contributed by atoms with Crippen molar-refractivity contribution < 1.29 is 45.3 Å². The van der Waals surface area contributed by atoms with E-state index in [1.807, 2.05) is 18.4 Å². The van der Waals surface area contributed by atoms with Crippen LogP contribution in [0.25, 0.3) is 0 Å². The Morgan fingerprint density at radius 3 is 2.56 bits per heavy atom. The van der Waals surface area contributed by atoms with Gasteiger partial charge in [-0.3, -0.25) is 4.79 Å². The van der Waals surface area contributed by atoms with E-state index in [4.69, 9.17) is 10.5 Å². The van der Waals surface area contributed by atoms with Crippen LogP contribution in [-0.2, 0) is 9.53 Å². The molecule has 17 atom stereocenters. The molecule has 1 saturated heterocycles. The van der Waals surface area contributed by atoms with Crippen molar-refractivity contribution >= 4 is 5.78 Å². The Labute approximate surface area is 338 Å². The zero-order chi connectivity index (χ0) is 41.1. The Balaban J connectivity index is 1.35. The van der Waals surface area contributed by atoms with E-state index in [0.29, 0.717) is 31.4 Å². The van der Waals surface area contributed by atoms with Crippen LogP contribution in [0.15, 0.2) is 47.3 Å². The minimum Gasteiger partial charge on any atom is -0.396 e. The largest absolute Gasteiger partial charge is 0.396 e. The maximum absolute atomic E-state index is 15.2. The van der Waals surface area contributed by atoms with Gasteiger partial charge in [-0.05, 0) is 117 Å². The van der Waals surface area contributed by atoms with Crippen LogP contribution in [0.1, 0.15) is 105 Å². The second-order valence-corrected chi connectivity index (χ2v) is 19.5. The fourth-order valence-electron chi connectivity index (χ4n) is 13.4. The van der Waals surface area contributed by atoms with Crippen molar-refractivity contribution in [3.8, 4) is 0 Å². The molecule has 12 heteroatoms. The lowest BCUT2D eigenvalue weighted by molar-refractivity contribution is -0.209. The van der Waals surface area contributed by atoms with Crippen LogP contribution in [0, 0.1) is 52.3 Å². The van der Waals surface area contributed by atoms with Crippen molar-refractivity contribution in [3.63, 3.8) is 0 Å². The molecule has 0 aromatic rings. The average molecular weight is 798 g/mol. The quantitative estimate of drug-likeness (QED) is 0.0907. The number of nitrogens with one attached hydrogen (secondary N) is 2. The number of ether oxygens (including phenoxy) is 1. The van der Waals surface area contributed by atoms with E-state index in [-0.39, 0.29) is 80.2 Å². The Bertz CT molecular complexity index is 1610. The molecule has 320 valence electrons. The van der Waals surface area contributed by atoms with E-state index in [9.17, 15) is 35.7 Å². The zero-order valence-corrected chi connectivity index (χ0v) is 34.5. The Hall–Kier alpha value is -2.13. The van der Waals surface area contributed by atoms with E-state index in [1.165, 1.54) is 6.42 Å². The smallest absolute Gasteiger partial charge is 0.182 e. The first-order chi connectivity index (χ1) is 27.1. The molecule has 4 fully saturated rings. The molecule has 57 heavy (non-hydrogen) atoms. The number of Topliss-reactive ketones (excluding diaryl/α,β-unsaturated/α-hetero) is 1. The van der Waals surface area contributed by atoms with Gasteiger partial charge in [0.2, 0.25) is 0 Å². The van der Waals surface area contributed by atoms with Gasteiger partial charge in [0.1, 0.15) is 6.10 Å². The Morgan fingerprint density at radius 2 is 1.88 bits per heavy atom. The van der Waals surface area contributed by atoms with Gasteiger partial charge in [0, 0.05) is 36.6 Å². The molecular weight excluding hydrogens is 727 g/mol. The van der Waals surface area contributed by atoms with Crippen molar-refractivity contribution in [2.45, 2.75) is 153 Å². The van der Waals surface area contributed by atoms with Crippen LogP contribution in [0.2, 0.25) is 0 Å². The lowest BCUT2D eigenvalue weighted by atomic mass is 9.40. The summed E-state index contributed by atoms with van der Waals surface area (Å²) in [6.07, 6.45) is 12.2. The van der Waals surface area contributed by atoms with E-state index in [1.54, 1.807) is 13.8 Å². The first-order valence-electron chi connectivity index (χ1n) is 22.1. The molecule has 1 spiro atoms. The number of unbranched alkanes of at least 4 members (excludes halogenated alkanes) is 3. The van der Waals surface area contributed by atoms with Gasteiger partial charge in [-0.15, -0.1) is 0 Å². The predicted octanol–water partition coefficient (Wildman–Crippen LogP) is 2.70. The second kappa shape index (κ2) is 16.4. The van der Waals surface area contributed by atoms with E-state index >= 15 is 4.79 Å². The normalized spacial score (nSPS) is 44.6. The van der Waals surface area contributed by atoms with Crippen molar-refractivity contribution in [1.82, 2.24) is 10.6 Å². The second-order valence-electron chi connectivity index (χ2n) is 19.5. The number of nitrogens with two attached hydrogens (primary N) is 1. The van der Waals surface area contributed by atoms with Gasteiger partial charge in [-0.2, -0.15) is 0 Å².